The fourth-order valence-corrected chi connectivity index (χ4v) is 6.89. The van der Waals surface area contributed by atoms with E-state index in [1.54, 1.807) is 60.7 Å². The normalized spacial score (nSPS) is 21.9. The maximum Gasteiger partial charge on any atom is 0.338 e. The van der Waals surface area contributed by atoms with Crippen LogP contribution >= 0.6 is 0 Å². The largest absolute Gasteiger partial charge is 0.462 e. The number of esters is 2. The van der Waals surface area contributed by atoms with Gasteiger partial charge in [-0.05, 0) is 52.9 Å². The van der Waals surface area contributed by atoms with Gasteiger partial charge >= 0.3 is 11.9 Å². The summed E-state index contributed by atoms with van der Waals surface area (Å²) < 4.78 is 31.5. The molecular weight excluding hydrogens is 698 g/mol. The van der Waals surface area contributed by atoms with E-state index in [0.717, 1.165) is 16.7 Å². The lowest BCUT2D eigenvalue weighted by molar-refractivity contribution is -0.270. The highest BCUT2D eigenvalue weighted by molar-refractivity contribution is 5.89. The summed E-state index contributed by atoms with van der Waals surface area (Å²) in [6.07, 6.45) is -3.24. The lowest BCUT2D eigenvalue weighted by Crippen LogP contribution is -2.71. The molecule has 1 N–H and O–H groups in total. The van der Waals surface area contributed by atoms with E-state index in [9.17, 15) is 20.2 Å². The van der Waals surface area contributed by atoms with Crippen molar-refractivity contribution in [1.82, 2.24) is 0 Å². The number of aliphatic hydroxyl groups is 1. The molecular formula is C44H43N3O8. The summed E-state index contributed by atoms with van der Waals surface area (Å²) in [5, 5.41) is 17.4. The molecule has 0 saturated heterocycles. The maximum atomic E-state index is 13.4. The number of ether oxygens (including phenoxy) is 5. The first kappa shape index (κ1) is 38.9. The minimum atomic E-state index is -2.05. The molecule has 0 bridgehead atoms. The third-order valence-electron chi connectivity index (χ3n) is 9.65. The van der Waals surface area contributed by atoms with E-state index in [-0.39, 0.29) is 38.4 Å². The van der Waals surface area contributed by atoms with E-state index in [1.165, 1.54) is 0 Å². The fourth-order valence-electron chi connectivity index (χ4n) is 6.89. The predicted molar refractivity (Wildman–Crippen MR) is 204 cm³/mol. The molecule has 1 aliphatic carbocycles. The number of hydrogen-bond acceptors (Lipinski definition) is 9. The van der Waals surface area contributed by atoms with E-state index < -0.39 is 54.4 Å². The van der Waals surface area contributed by atoms with E-state index >= 15 is 0 Å². The quantitative estimate of drug-likeness (QED) is 0.0438. The summed E-state index contributed by atoms with van der Waals surface area (Å²) in [6.45, 7) is -0.456. The summed E-state index contributed by atoms with van der Waals surface area (Å²) in [5.41, 5.74) is 11.1. The number of rotatable bonds is 17. The van der Waals surface area contributed by atoms with Crippen LogP contribution in [0.1, 0.15) is 43.8 Å². The Labute approximate surface area is 320 Å². The van der Waals surface area contributed by atoms with Crippen molar-refractivity contribution in [3.8, 4) is 0 Å². The average Bonchev–Trinajstić information content (AvgIpc) is 3.24. The summed E-state index contributed by atoms with van der Waals surface area (Å²) in [6, 6.07) is 44.3. The number of carbonyl (C=O) groups is 2. The molecule has 0 radical (unpaired) electrons. The predicted octanol–water partition coefficient (Wildman–Crippen LogP) is 7.89. The van der Waals surface area contributed by atoms with E-state index in [4.69, 9.17) is 23.7 Å². The van der Waals surface area contributed by atoms with E-state index in [0.29, 0.717) is 5.56 Å². The Hall–Kier alpha value is -5.81. The monoisotopic (exact) mass is 741 g/mol. The number of carbonyl (C=O) groups excluding carboxylic acids is 2. The van der Waals surface area contributed by atoms with Gasteiger partial charge in [-0.25, -0.2) is 9.59 Å². The Bertz CT molecular complexity index is 1980. The van der Waals surface area contributed by atoms with Gasteiger partial charge in [0, 0.05) is 10.8 Å². The summed E-state index contributed by atoms with van der Waals surface area (Å²) in [5.74, 6) is -2.25. The minimum Gasteiger partial charge on any atom is -0.462 e. The number of hydrogen-bond donors (Lipinski definition) is 1. The lowest BCUT2D eigenvalue weighted by atomic mass is 9.66. The molecule has 6 atom stereocenters. The molecule has 5 aromatic carbocycles. The molecule has 11 nitrogen and oxygen atoms in total. The molecule has 0 spiro atoms. The van der Waals surface area contributed by atoms with Crippen LogP contribution in [-0.4, -0.2) is 60.2 Å². The first-order valence-corrected chi connectivity index (χ1v) is 18.1. The summed E-state index contributed by atoms with van der Waals surface area (Å²) >= 11 is 0. The second kappa shape index (κ2) is 19.5. The molecule has 1 aliphatic rings. The highest BCUT2D eigenvalue weighted by Crippen LogP contribution is 2.44. The third-order valence-corrected chi connectivity index (χ3v) is 9.65. The molecule has 11 heteroatoms. The van der Waals surface area contributed by atoms with Gasteiger partial charge in [-0.3, -0.25) is 0 Å². The molecule has 1 fully saturated rings. The molecule has 0 aromatic heterocycles. The number of nitrogens with zero attached hydrogens (tertiary/aromatic N) is 3. The molecule has 5 aromatic rings. The molecule has 282 valence electrons. The highest BCUT2D eigenvalue weighted by atomic mass is 16.6. The van der Waals surface area contributed by atoms with Crippen molar-refractivity contribution < 1.29 is 38.4 Å². The molecule has 0 heterocycles. The molecule has 1 saturated carbocycles. The van der Waals surface area contributed by atoms with Gasteiger partial charge in [0.05, 0.1) is 49.7 Å². The van der Waals surface area contributed by atoms with Crippen LogP contribution in [0.2, 0.25) is 0 Å². The van der Waals surface area contributed by atoms with Crippen molar-refractivity contribution in [2.75, 3.05) is 13.2 Å². The van der Waals surface area contributed by atoms with Gasteiger partial charge in [-0.2, -0.15) is 0 Å². The van der Waals surface area contributed by atoms with Gasteiger partial charge in [0.25, 0.3) is 0 Å². The SMILES string of the molecule is [N-]=[N+]=N[C@H]1[C@H](OCc2ccccc2)[C@@H](OCc2ccccc2)[C@H](OCc2ccccc2)[C@@](O)(COC(=O)c2ccccc2)[C@@H]1CCOC(=O)c1ccccc1. The van der Waals surface area contributed by atoms with Crippen LogP contribution in [0.4, 0.5) is 0 Å². The van der Waals surface area contributed by atoms with Crippen molar-refractivity contribution >= 4 is 11.9 Å². The summed E-state index contributed by atoms with van der Waals surface area (Å²) in [7, 11) is 0. The Morgan fingerprint density at radius 2 is 1.02 bits per heavy atom. The van der Waals surface area contributed by atoms with Crippen molar-refractivity contribution in [3.05, 3.63) is 190 Å². The molecule has 55 heavy (non-hydrogen) atoms. The lowest BCUT2D eigenvalue weighted by Gasteiger charge is -2.53. The van der Waals surface area contributed by atoms with E-state index in [1.807, 2.05) is 91.0 Å². The molecule has 0 unspecified atom stereocenters. The van der Waals surface area contributed by atoms with Gasteiger partial charge in [-0.15, -0.1) is 0 Å². The minimum absolute atomic E-state index is 0.0105. The molecule has 6 rings (SSSR count). The van der Waals surface area contributed by atoms with Crippen molar-refractivity contribution in [3.63, 3.8) is 0 Å². The fraction of sp³-hybridized carbons (Fsp3) is 0.273. The Morgan fingerprint density at radius 1 is 0.600 bits per heavy atom. The van der Waals surface area contributed by atoms with Crippen LogP contribution in [0.3, 0.4) is 0 Å². The molecule has 0 amide bonds. The van der Waals surface area contributed by atoms with Crippen molar-refractivity contribution in [2.45, 2.75) is 56.2 Å². The van der Waals surface area contributed by atoms with Crippen LogP contribution in [0.25, 0.3) is 10.4 Å². The van der Waals surface area contributed by atoms with Gasteiger partial charge < -0.3 is 28.8 Å². The van der Waals surface area contributed by atoms with Gasteiger partial charge in [0.15, 0.2) is 0 Å². The van der Waals surface area contributed by atoms with E-state index in [2.05, 4.69) is 10.0 Å². The third kappa shape index (κ3) is 10.2. The Morgan fingerprint density at radius 3 is 1.49 bits per heavy atom. The smallest absolute Gasteiger partial charge is 0.338 e. The second-order valence-corrected chi connectivity index (χ2v) is 13.3. The average molecular weight is 742 g/mol. The second-order valence-electron chi connectivity index (χ2n) is 13.3. The zero-order chi connectivity index (χ0) is 38.3. The van der Waals surface area contributed by atoms with Gasteiger partial charge in [0.1, 0.15) is 24.4 Å². The van der Waals surface area contributed by atoms with Crippen molar-refractivity contribution in [2.24, 2.45) is 11.0 Å². The zero-order valence-corrected chi connectivity index (χ0v) is 30.2. The Kier molecular flexibility index (Phi) is 13.8. The van der Waals surface area contributed by atoms with Crippen LogP contribution < -0.4 is 0 Å². The first-order valence-electron chi connectivity index (χ1n) is 18.1. The topological polar surface area (TPSA) is 149 Å². The number of benzene rings is 5. The van der Waals surface area contributed by atoms with Crippen molar-refractivity contribution in [1.29, 1.82) is 0 Å². The number of azide groups is 1. The van der Waals surface area contributed by atoms with Crippen LogP contribution in [-0.2, 0) is 43.5 Å². The zero-order valence-electron chi connectivity index (χ0n) is 30.2. The van der Waals surface area contributed by atoms with Gasteiger partial charge in [-0.1, -0.05) is 133 Å². The molecule has 0 aliphatic heterocycles. The maximum absolute atomic E-state index is 13.4. The van der Waals surface area contributed by atoms with Crippen LogP contribution in [0.5, 0.6) is 0 Å². The standard InChI is InChI=1S/C44H43N3O8/c45-47-46-38-37(26-27-51-42(48)35-22-12-4-13-23-35)44(50,31-55-43(49)36-24-14-5-15-25-36)41(54-30-34-20-10-3-11-21-34)40(53-29-33-18-8-2-9-19-33)39(38)52-28-32-16-6-1-7-17-32/h1-25,37-41,50H,26-31H2/t37-,38-,39+,40-,41+,44-/m1/s1. The summed E-state index contributed by atoms with van der Waals surface area (Å²) in [4.78, 5) is 29.7. The van der Waals surface area contributed by atoms with Gasteiger partial charge in [0.2, 0.25) is 0 Å². The van der Waals surface area contributed by atoms with Crippen LogP contribution in [0, 0.1) is 5.92 Å². The van der Waals surface area contributed by atoms with Crippen LogP contribution in [0.15, 0.2) is 157 Å². The highest BCUT2D eigenvalue weighted by Gasteiger charge is 2.61. The Balaban J connectivity index is 1.41. The first-order chi connectivity index (χ1) is 27.0.